The lowest BCUT2D eigenvalue weighted by atomic mass is 9.94. The van der Waals surface area contributed by atoms with E-state index in [2.05, 4.69) is 32.7 Å². The zero-order valence-electron chi connectivity index (χ0n) is 9.47. The molecule has 0 amide bonds. The van der Waals surface area contributed by atoms with Crippen LogP contribution in [0.5, 0.6) is 0 Å². The minimum atomic E-state index is 0.338. The summed E-state index contributed by atoms with van der Waals surface area (Å²) in [6, 6.07) is 0. The number of hydrogen-bond donors (Lipinski definition) is 0. The van der Waals surface area contributed by atoms with Crippen LogP contribution in [0.1, 0.15) is 40.0 Å². The first kappa shape index (κ1) is 11.0. The highest BCUT2D eigenvalue weighted by Crippen LogP contribution is 2.31. The van der Waals surface area contributed by atoms with Crippen molar-refractivity contribution in [3.63, 3.8) is 0 Å². The molecule has 0 radical (unpaired) electrons. The Balaban J connectivity index is 2.49. The number of likely N-dealkylation sites (tertiary alicyclic amines) is 1. The monoisotopic (exact) mass is 185 g/mol. The van der Waals surface area contributed by atoms with Gasteiger partial charge in [0.15, 0.2) is 0 Å². The topological polar surface area (TPSA) is 12.5 Å². The van der Waals surface area contributed by atoms with Crippen LogP contribution in [0.4, 0.5) is 0 Å². The quantitative estimate of drug-likeness (QED) is 0.666. The third-order valence-electron chi connectivity index (χ3n) is 3.29. The van der Waals surface area contributed by atoms with Crippen molar-refractivity contribution in [3.8, 4) is 0 Å². The number of rotatable bonds is 4. The van der Waals surface area contributed by atoms with Gasteiger partial charge in [0, 0.05) is 5.54 Å². The molecule has 0 aromatic rings. The van der Waals surface area contributed by atoms with E-state index in [-0.39, 0.29) is 0 Å². The van der Waals surface area contributed by atoms with Crippen molar-refractivity contribution in [2.45, 2.75) is 51.7 Å². The number of ether oxygens (including phenoxy) is 1. The molecule has 1 fully saturated rings. The second-order valence-corrected chi connectivity index (χ2v) is 4.46. The van der Waals surface area contributed by atoms with Gasteiger partial charge in [-0.25, -0.2) is 0 Å². The molecule has 1 heterocycles. The van der Waals surface area contributed by atoms with Crippen molar-refractivity contribution >= 4 is 0 Å². The van der Waals surface area contributed by atoms with E-state index in [0.717, 1.165) is 6.61 Å². The number of hydrogen-bond acceptors (Lipinski definition) is 2. The second kappa shape index (κ2) is 4.43. The molecule has 13 heavy (non-hydrogen) atoms. The van der Waals surface area contributed by atoms with Crippen molar-refractivity contribution in [1.29, 1.82) is 0 Å². The molecule has 1 aliphatic rings. The van der Waals surface area contributed by atoms with Crippen LogP contribution in [-0.4, -0.2) is 36.7 Å². The predicted octanol–water partition coefficient (Wildman–Crippen LogP) is 2.29. The van der Waals surface area contributed by atoms with Gasteiger partial charge in [-0.3, -0.25) is 4.90 Å². The molecule has 1 aliphatic heterocycles. The minimum absolute atomic E-state index is 0.338. The first-order valence-electron chi connectivity index (χ1n) is 5.43. The van der Waals surface area contributed by atoms with E-state index in [9.17, 15) is 0 Å². The van der Waals surface area contributed by atoms with Crippen molar-refractivity contribution in [2.24, 2.45) is 0 Å². The summed E-state index contributed by atoms with van der Waals surface area (Å²) >= 11 is 0. The van der Waals surface area contributed by atoms with Crippen LogP contribution >= 0.6 is 0 Å². The smallest absolute Gasteiger partial charge is 0.0653 e. The molecule has 0 aromatic heterocycles. The SMILES string of the molecule is CC[C@@]1(COC(C)C)CCCN1C. The molecule has 1 saturated heterocycles. The maximum Gasteiger partial charge on any atom is 0.0653 e. The molecule has 2 nitrogen and oxygen atoms in total. The Morgan fingerprint density at radius 2 is 2.15 bits per heavy atom. The molecule has 0 spiro atoms. The Kier molecular flexibility index (Phi) is 3.74. The second-order valence-electron chi connectivity index (χ2n) is 4.46. The number of likely N-dealkylation sites (N-methyl/N-ethyl adjacent to an activating group) is 1. The van der Waals surface area contributed by atoms with E-state index >= 15 is 0 Å². The van der Waals surface area contributed by atoms with Crippen LogP contribution in [0.25, 0.3) is 0 Å². The highest BCUT2D eigenvalue weighted by atomic mass is 16.5. The lowest BCUT2D eigenvalue weighted by Gasteiger charge is -2.35. The van der Waals surface area contributed by atoms with Gasteiger partial charge in [0.05, 0.1) is 12.7 Å². The minimum Gasteiger partial charge on any atom is -0.377 e. The van der Waals surface area contributed by atoms with Crippen molar-refractivity contribution in [1.82, 2.24) is 4.90 Å². The maximum absolute atomic E-state index is 5.75. The van der Waals surface area contributed by atoms with Crippen LogP contribution in [-0.2, 0) is 4.74 Å². The zero-order chi connectivity index (χ0) is 9.90. The molecule has 0 bridgehead atoms. The molecule has 2 heteroatoms. The van der Waals surface area contributed by atoms with Crippen LogP contribution in [0.3, 0.4) is 0 Å². The van der Waals surface area contributed by atoms with E-state index in [1.165, 1.54) is 25.8 Å². The summed E-state index contributed by atoms with van der Waals surface area (Å²) in [6.45, 7) is 8.62. The Morgan fingerprint density at radius 3 is 2.54 bits per heavy atom. The maximum atomic E-state index is 5.75. The third-order valence-corrected chi connectivity index (χ3v) is 3.29. The molecular formula is C11H23NO. The summed E-state index contributed by atoms with van der Waals surface area (Å²) in [5.41, 5.74) is 0.338. The Labute approximate surface area is 82.3 Å². The Bertz CT molecular complexity index is 158. The zero-order valence-corrected chi connectivity index (χ0v) is 9.47. The fraction of sp³-hybridized carbons (Fsp3) is 1.00. The van der Waals surface area contributed by atoms with Gasteiger partial charge in [0.1, 0.15) is 0 Å². The first-order valence-corrected chi connectivity index (χ1v) is 5.43. The van der Waals surface area contributed by atoms with Crippen LogP contribution < -0.4 is 0 Å². The van der Waals surface area contributed by atoms with E-state index < -0.39 is 0 Å². The normalized spacial score (nSPS) is 30.2. The molecular weight excluding hydrogens is 162 g/mol. The van der Waals surface area contributed by atoms with Gasteiger partial charge >= 0.3 is 0 Å². The van der Waals surface area contributed by atoms with Crippen molar-refractivity contribution in [2.75, 3.05) is 20.2 Å². The molecule has 1 atom stereocenters. The van der Waals surface area contributed by atoms with Gasteiger partial charge in [-0.1, -0.05) is 6.92 Å². The van der Waals surface area contributed by atoms with Gasteiger partial charge in [0.25, 0.3) is 0 Å². The van der Waals surface area contributed by atoms with Crippen LogP contribution in [0.2, 0.25) is 0 Å². The molecule has 0 N–H and O–H groups in total. The van der Waals surface area contributed by atoms with Gasteiger partial charge in [-0.2, -0.15) is 0 Å². The fourth-order valence-electron chi connectivity index (χ4n) is 2.13. The van der Waals surface area contributed by atoms with Crippen molar-refractivity contribution in [3.05, 3.63) is 0 Å². The number of nitrogens with zero attached hydrogens (tertiary/aromatic N) is 1. The summed E-state index contributed by atoms with van der Waals surface area (Å²) in [6.07, 6.45) is 4.19. The van der Waals surface area contributed by atoms with Crippen LogP contribution in [0, 0.1) is 0 Å². The average Bonchev–Trinajstić information content (AvgIpc) is 2.45. The van der Waals surface area contributed by atoms with E-state index in [1.54, 1.807) is 0 Å². The Hall–Kier alpha value is -0.0800. The summed E-state index contributed by atoms with van der Waals surface area (Å²) < 4.78 is 5.75. The summed E-state index contributed by atoms with van der Waals surface area (Å²) in [5, 5.41) is 0. The van der Waals surface area contributed by atoms with Gasteiger partial charge < -0.3 is 4.74 Å². The van der Waals surface area contributed by atoms with Crippen LogP contribution in [0.15, 0.2) is 0 Å². The molecule has 0 saturated carbocycles. The molecule has 78 valence electrons. The largest absolute Gasteiger partial charge is 0.377 e. The average molecular weight is 185 g/mol. The fourth-order valence-corrected chi connectivity index (χ4v) is 2.13. The van der Waals surface area contributed by atoms with E-state index in [0.29, 0.717) is 11.6 Å². The Morgan fingerprint density at radius 1 is 1.46 bits per heavy atom. The predicted molar refractivity (Wildman–Crippen MR) is 56.0 cm³/mol. The molecule has 0 aromatic carbocycles. The van der Waals surface area contributed by atoms with Gasteiger partial charge in [-0.05, 0) is 46.7 Å². The molecule has 1 rings (SSSR count). The summed E-state index contributed by atoms with van der Waals surface area (Å²) in [5.74, 6) is 0. The lowest BCUT2D eigenvalue weighted by Crippen LogP contribution is -2.45. The van der Waals surface area contributed by atoms with Crippen molar-refractivity contribution < 1.29 is 4.74 Å². The molecule has 0 aliphatic carbocycles. The van der Waals surface area contributed by atoms with E-state index in [1.807, 2.05) is 0 Å². The van der Waals surface area contributed by atoms with E-state index in [4.69, 9.17) is 4.74 Å². The molecule has 0 unspecified atom stereocenters. The van der Waals surface area contributed by atoms with Gasteiger partial charge in [-0.15, -0.1) is 0 Å². The standard InChI is InChI=1S/C11H23NO/c1-5-11(9-13-10(2)3)7-6-8-12(11)4/h10H,5-9H2,1-4H3/t11-/m0/s1. The lowest BCUT2D eigenvalue weighted by molar-refractivity contribution is -0.00645. The third kappa shape index (κ3) is 2.44. The summed E-state index contributed by atoms with van der Waals surface area (Å²) in [7, 11) is 2.22. The first-order chi connectivity index (χ1) is 6.10. The highest BCUT2D eigenvalue weighted by Gasteiger charge is 2.37. The van der Waals surface area contributed by atoms with Gasteiger partial charge in [0.2, 0.25) is 0 Å². The highest BCUT2D eigenvalue weighted by molar-refractivity contribution is 4.93. The summed E-state index contributed by atoms with van der Waals surface area (Å²) in [4.78, 5) is 2.47.